The van der Waals surface area contributed by atoms with E-state index in [1.165, 1.54) is 39.0 Å². The average Bonchev–Trinajstić information content (AvgIpc) is 2.56. The summed E-state index contributed by atoms with van der Waals surface area (Å²) in [5, 5.41) is 8.89. The topological polar surface area (TPSA) is 70.2 Å². The van der Waals surface area contributed by atoms with Crippen molar-refractivity contribution in [1.29, 1.82) is 0 Å². The Balaban J connectivity index is 1.71. The minimum atomic E-state index is -0.101. The number of nitrogens with one attached hydrogen (secondary N) is 3. The van der Waals surface area contributed by atoms with E-state index >= 15 is 0 Å². The summed E-state index contributed by atoms with van der Waals surface area (Å²) in [4.78, 5) is 23.1. The minimum absolute atomic E-state index is 0.00691. The molecule has 1 fully saturated rings. The second-order valence-electron chi connectivity index (χ2n) is 6.71. The van der Waals surface area contributed by atoms with Gasteiger partial charge in [-0.05, 0) is 37.0 Å². The van der Waals surface area contributed by atoms with Gasteiger partial charge < -0.3 is 16.0 Å². The molecule has 0 aliphatic heterocycles. The number of aryl methyl sites for hydroxylation is 1. The number of carbonyl (C=O) groups is 2. The normalized spacial score (nSPS) is 14.9. The summed E-state index contributed by atoms with van der Waals surface area (Å²) in [6.07, 6.45) is 7.74. The van der Waals surface area contributed by atoms with E-state index in [0.29, 0.717) is 0 Å². The van der Waals surface area contributed by atoms with E-state index in [-0.39, 0.29) is 18.4 Å². The van der Waals surface area contributed by atoms with Gasteiger partial charge in [-0.25, -0.2) is 0 Å². The average molecular weight is 331 g/mol. The van der Waals surface area contributed by atoms with Crippen LogP contribution in [-0.4, -0.2) is 24.9 Å². The van der Waals surface area contributed by atoms with Gasteiger partial charge in [-0.15, -0.1) is 0 Å². The Labute approximate surface area is 144 Å². The molecule has 3 N–H and O–H groups in total. The highest BCUT2D eigenvalue weighted by atomic mass is 16.2. The highest BCUT2D eigenvalue weighted by molar-refractivity contribution is 5.90. The van der Waals surface area contributed by atoms with Crippen LogP contribution in [0.5, 0.6) is 0 Å². The molecule has 0 heterocycles. The predicted molar refractivity (Wildman–Crippen MR) is 98.2 cm³/mol. The molecule has 1 aromatic rings. The summed E-state index contributed by atoms with van der Waals surface area (Å²) >= 11 is 0. The number of rotatable bonds is 7. The monoisotopic (exact) mass is 331 g/mol. The summed E-state index contributed by atoms with van der Waals surface area (Å²) < 4.78 is 0. The van der Waals surface area contributed by atoms with Gasteiger partial charge in [-0.3, -0.25) is 9.59 Å². The van der Waals surface area contributed by atoms with Crippen molar-refractivity contribution in [3.05, 3.63) is 23.8 Å². The van der Waals surface area contributed by atoms with Gasteiger partial charge >= 0.3 is 0 Å². The molecule has 0 bridgehead atoms. The molecule has 1 aliphatic carbocycles. The second-order valence-corrected chi connectivity index (χ2v) is 6.71. The third kappa shape index (κ3) is 6.22. The molecular formula is C19H29N3O2. The summed E-state index contributed by atoms with van der Waals surface area (Å²) in [6.45, 7) is 4.43. The van der Waals surface area contributed by atoms with Gasteiger partial charge in [0.1, 0.15) is 0 Å². The molecule has 0 radical (unpaired) electrons. The van der Waals surface area contributed by atoms with Crippen molar-refractivity contribution < 1.29 is 9.59 Å². The van der Waals surface area contributed by atoms with Crippen LogP contribution in [0.4, 0.5) is 11.4 Å². The zero-order chi connectivity index (χ0) is 17.4. The number of hydrogen-bond donors (Lipinski definition) is 3. The van der Waals surface area contributed by atoms with Crippen molar-refractivity contribution in [2.45, 2.75) is 52.4 Å². The number of hydrogen-bond acceptors (Lipinski definition) is 3. The number of benzene rings is 1. The molecule has 0 saturated heterocycles. The van der Waals surface area contributed by atoms with E-state index in [1.807, 2.05) is 25.1 Å². The molecule has 0 unspecified atom stereocenters. The van der Waals surface area contributed by atoms with Crippen LogP contribution in [0.15, 0.2) is 18.2 Å². The first-order valence-electron chi connectivity index (χ1n) is 8.93. The van der Waals surface area contributed by atoms with Crippen molar-refractivity contribution in [2.75, 3.05) is 23.7 Å². The van der Waals surface area contributed by atoms with Gasteiger partial charge in [-0.1, -0.05) is 38.2 Å². The van der Waals surface area contributed by atoms with E-state index in [1.54, 1.807) is 0 Å². The van der Waals surface area contributed by atoms with E-state index in [2.05, 4.69) is 16.0 Å². The van der Waals surface area contributed by atoms with Gasteiger partial charge in [0.2, 0.25) is 11.8 Å². The zero-order valence-corrected chi connectivity index (χ0v) is 14.8. The summed E-state index contributed by atoms with van der Waals surface area (Å²) in [7, 11) is 0. The maximum atomic E-state index is 11.9. The van der Waals surface area contributed by atoms with Crippen LogP contribution in [0.1, 0.15) is 51.0 Å². The van der Waals surface area contributed by atoms with Crippen LogP contribution in [0.2, 0.25) is 0 Å². The van der Waals surface area contributed by atoms with E-state index in [4.69, 9.17) is 0 Å². The van der Waals surface area contributed by atoms with Gasteiger partial charge in [-0.2, -0.15) is 0 Å². The van der Waals surface area contributed by atoms with E-state index < -0.39 is 0 Å². The predicted octanol–water partition coefficient (Wildman–Crippen LogP) is 3.45. The molecule has 24 heavy (non-hydrogen) atoms. The quantitative estimate of drug-likeness (QED) is 0.716. The van der Waals surface area contributed by atoms with Crippen molar-refractivity contribution >= 4 is 23.2 Å². The Morgan fingerprint density at radius 3 is 2.62 bits per heavy atom. The lowest BCUT2D eigenvalue weighted by Crippen LogP contribution is -2.31. The van der Waals surface area contributed by atoms with E-state index in [9.17, 15) is 9.59 Å². The van der Waals surface area contributed by atoms with Gasteiger partial charge in [0.25, 0.3) is 0 Å². The van der Waals surface area contributed by atoms with Gasteiger partial charge in [0, 0.05) is 24.8 Å². The Hall–Kier alpha value is -2.04. The fraction of sp³-hybridized carbons (Fsp3) is 0.579. The number of amides is 2. The largest absolute Gasteiger partial charge is 0.376 e. The zero-order valence-electron chi connectivity index (χ0n) is 14.8. The summed E-state index contributed by atoms with van der Waals surface area (Å²) in [5.74, 6) is 0.687. The molecule has 132 valence electrons. The third-order valence-corrected chi connectivity index (χ3v) is 4.60. The lowest BCUT2D eigenvalue weighted by atomic mass is 9.87. The highest BCUT2D eigenvalue weighted by Crippen LogP contribution is 2.25. The number of carbonyl (C=O) groups excluding carboxylic acids is 2. The molecule has 2 amide bonds. The molecule has 5 nitrogen and oxygen atoms in total. The van der Waals surface area contributed by atoms with Crippen molar-refractivity contribution in [3.63, 3.8) is 0 Å². The van der Waals surface area contributed by atoms with Crippen LogP contribution in [0, 0.1) is 12.8 Å². The molecule has 1 aliphatic rings. The first kappa shape index (κ1) is 18.3. The van der Waals surface area contributed by atoms with Crippen LogP contribution in [-0.2, 0) is 9.59 Å². The third-order valence-electron chi connectivity index (χ3n) is 4.60. The van der Waals surface area contributed by atoms with Gasteiger partial charge in [0.05, 0.1) is 6.54 Å². The Morgan fingerprint density at radius 2 is 1.92 bits per heavy atom. The maximum Gasteiger partial charge on any atom is 0.239 e. The molecule has 0 atom stereocenters. The summed E-state index contributed by atoms with van der Waals surface area (Å²) in [6, 6.07) is 5.69. The Morgan fingerprint density at radius 1 is 1.17 bits per heavy atom. The maximum absolute atomic E-state index is 11.9. The first-order chi connectivity index (χ1) is 11.5. The Bertz CT molecular complexity index is 566. The van der Waals surface area contributed by atoms with Crippen molar-refractivity contribution in [2.24, 2.45) is 5.92 Å². The molecule has 0 aromatic heterocycles. The SMILES string of the molecule is CC(=O)Nc1cc(NCC(=O)NCCC2CCCCC2)ccc1C. The van der Waals surface area contributed by atoms with Crippen molar-refractivity contribution in [3.8, 4) is 0 Å². The van der Waals surface area contributed by atoms with Crippen LogP contribution < -0.4 is 16.0 Å². The summed E-state index contributed by atoms with van der Waals surface area (Å²) in [5.41, 5.74) is 2.59. The Kier molecular flexibility index (Phi) is 7.09. The van der Waals surface area contributed by atoms with E-state index in [0.717, 1.165) is 35.8 Å². The lowest BCUT2D eigenvalue weighted by Gasteiger charge is -2.21. The van der Waals surface area contributed by atoms with Crippen molar-refractivity contribution in [1.82, 2.24) is 5.32 Å². The fourth-order valence-corrected chi connectivity index (χ4v) is 3.19. The molecular weight excluding hydrogens is 302 g/mol. The standard InChI is InChI=1S/C19H29N3O2/c1-14-8-9-17(12-18(14)22-15(2)23)21-13-19(24)20-11-10-16-6-4-3-5-7-16/h8-9,12,16,21H,3-7,10-11,13H2,1-2H3,(H,20,24)(H,22,23). The fourth-order valence-electron chi connectivity index (χ4n) is 3.19. The van der Waals surface area contributed by atoms with Gasteiger partial charge in [0.15, 0.2) is 0 Å². The molecule has 1 aromatic carbocycles. The smallest absolute Gasteiger partial charge is 0.239 e. The molecule has 5 heteroatoms. The molecule has 1 saturated carbocycles. The molecule has 0 spiro atoms. The second kappa shape index (κ2) is 9.30. The molecule has 2 rings (SSSR count). The highest BCUT2D eigenvalue weighted by Gasteiger charge is 2.13. The lowest BCUT2D eigenvalue weighted by molar-refractivity contribution is -0.119. The van der Waals surface area contributed by atoms with Crippen LogP contribution >= 0.6 is 0 Å². The first-order valence-corrected chi connectivity index (χ1v) is 8.93. The van der Waals surface area contributed by atoms with Crippen LogP contribution in [0.25, 0.3) is 0 Å². The number of anilines is 2. The van der Waals surface area contributed by atoms with Crippen LogP contribution in [0.3, 0.4) is 0 Å². The minimum Gasteiger partial charge on any atom is -0.376 e.